The van der Waals surface area contributed by atoms with Gasteiger partial charge in [0.15, 0.2) is 6.10 Å². The van der Waals surface area contributed by atoms with Gasteiger partial charge in [0.05, 0.1) is 0 Å². The zero-order valence-electron chi connectivity index (χ0n) is 35.1. The number of carbonyl (C=O) groups is 3. The van der Waals surface area contributed by atoms with Gasteiger partial charge in [-0.1, -0.05) is 220 Å². The Bertz CT molecular complexity index is 768. The van der Waals surface area contributed by atoms with Gasteiger partial charge < -0.3 is 14.2 Å². The molecule has 0 aromatic rings. The highest BCUT2D eigenvalue weighted by Crippen LogP contribution is 2.16. The highest BCUT2D eigenvalue weighted by Gasteiger charge is 2.19. The van der Waals surface area contributed by atoms with E-state index in [9.17, 15) is 14.4 Å². The molecule has 0 heterocycles. The van der Waals surface area contributed by atoms with E-state index in [1.54, 1.807) is 0 Å². The van der Waals surface area contributed by atoms with Gasteiger partial charge in [-0.15, -0.1) is 0 Å². The van der Waals surface area contributed by atoms with E-state index >= 15 is 0 Å². The maximum Gasteiger partial charge on any atom is 0.306 e. The van der Waals surface area contributed by atoms with E-state index in [1.165, 1.54) is 161 Å². The van der Waals surface area contributed by atoms with Gasteiger partial charge in [0.25, 0.3) is 0 Å². The Hall–Kier alpha value is -1.59. The summed E-state index contributed by atoms with van der Waals surface area (Å²) >= 11 is 0. The van der Waals surface area contributed by atoms with E-state index in [0.29, 0.717) is 19.3 Å². The Kier molecular flexibility index (Phi) is 40.9. The molecule has 0 spiro atoms. The SMILES string of the molecule is CCCCCCCCCCCCCCCCC(=O)O[C@H](COC(=O)CCCCCCCCC)COC(=O)CCCCCCCCCCCCCCC. The van der Waals surface area contributed by atoms with Crippen molar-refractivity contribution in [3.63, 3.8) is 0 Å². The van der Waals surface area contributed by atoms with Crippen LogP contribution in [-0.2, 0) is 28.6 Å². The minimum Gasteiger partial charge on any atom is -0.462 e. The monoisotopic (exact) mass is 737 g/mol. The minimum absolute atomic E-state index is 0.0630. The highest BCUT2D eigenvalue weighted by atomic mass is 16.6. The van der Waals surface area contributed by atoms with Crippen LogP contribution < -0.4 is 0 Å². The minimum atomic E-state index is -0.757. The Morgan fingerprint density at radius 1 is 0.308 bits per heavy atom. The van der Waals surface area contributed by atoms with Crippen molar-refractivity contribution >= 4 is 17.9 Å². The van der Waals surface area contributed by atoms with Crippen molar-refractivity contribution in [3.8, 4) is 0 Å². The fourth-order valence-electron chi connectivity index (χ4n) is 6.85. The summed E-state index contributed by atoms with van der Waals surface area (Å²) in [5.74, 6) is -0.856. The number of carbonyl (C=O) groups excluding carboxylic acids is 3. The first kappa shape index (κ1) is 50.4. The van der Waals surface area contributed by atoms with Crippen molar-refractivity contribution in [2.45, 2.75) is 264 Å². The lowest BCUT2D eigenvalue weighted by molar-refractivity contribution is -0.167. The maximum atomic E-state index is 12.7. The molecule has 6 heteroatoms. The summed E-state index contributed by atoms with van der Waals surface area (Å²) in [6, 6.07) is 0. The quantitative estimate of drug-likeness (QED) is 0.0353. The molecule has 0 N–H and O–H groups in total. The fourth-order valence-corrected chi connectivity index (χ4v) is 6.85. The van der Waals surface area contributed by atoms with Crippen molar-refractivity contribution in [1.82, 2.24) is 0 Å². The number of esters is 3. The van der Waals surface area contributed by atoms with Gasteiger partial charge >= 0.3 is 17.9 Å². The molecule has 0 aromatic carbocycles. The zero-order valence-corrected chi connectivity index (χ0v) is 35.1. The van der Waals surface area contributed by atoms with Crippen LogP contribution in [0.15, 0.2) is 0 Å². The standard InChI is InChI=1S/C46H88O6/c1-4-7-10-13-16-18-20-22-24-26-28-31-34-37-40-46(49)52-43(41-50-44(47)38-35-32-29-15-12-9-6-3)42-51-45(48)39-36-33-30-27-25-23-21-19-17-14-11-8-5-2/h43H,4-42H2,1-3H3/t43-/m1/s1. The molecule has 0 fully saturated rings. The average molecular weight is 737 g/mol. The lowest BCUT2D eigenvalue weighted by Crippen LogP contribution is -2.30. The van der Waals surface area contributed by atoms with Crippen LogP contribution in [0, 0.1) is 0 Å². The molecule has 0 rings (SSSR count). The van der Waals surface area contributed by atoms with Crippen molar-refractivity contribution in [2.24, 2.45) is 0 Å². The lowest BCUT2D eigenvalue weighted by Gasteiger charge is -2.18. The topological polar surface area (TPSA) is 78.9 Å². The van der Waals surface area contributed by atoms with E-state index in [0.717, 1.165) is 57.8 Å². The summed E-state index contributed by atoms with van der Waals surface area (Å²) < 4.78 is 16.7. The molecule has 0 aliphatic carbocycles. The van der Waals surface area contributed by atoms with E-state index in [2.05, 4.69) is 20.8 Å². The van der Waals surface area contributed by atoms with Gasteiger partial charge in [0, 0.05) is 19.3 Å². The summed E-state index contributed by atoms with van der Waals surface area (Å²) in [5, 5.41) is 0. The molecule has 0 amide bonds. The summed E-state index contributed by atoms with van der Waals surface area (Å²) in [5.41, 5.74) is 0. The molecule has 0 bridgehead atoms. The van der Waals surface area contributed by atoms with E-state index in [-0.39, 0.29) is 31.1 Å². The number of hydrogen-bond acceptors (Lipinski definition) is 6. The Morgan fingerprint density at radius 2 is 0.519 bits per heavy atom. The van der Waals surface area contributed by atoms with Gasteiger partial charge in [-0.25, -0.2) is 0 Å². The normalized spacial score (nSPS) is 11.8. The van der Waals surface area contributed by atoms with Crippen LogP contribution in [0.4, 0.5) is 0 Å². The average Bonchev–Trinajstić information content (AvgIpc) is 3.14. The molecule has 0 unspecified atom stereocenters. The fraction of sp³-hybridized carbons (Fsp3) is 0.935. The van der Waals surface area contributed by atoms with Gasteiger partial charge in [-0.3, -0.25) is 14.4 Å². The van der Waals surface area contributed by atoms with Crippen LogP contribution in [-0.4, -0.2) is 37.2 Å². The van der Waals surface area contributed by atoms with Gasteiger partial charge in [0.2, 0.25) is 0 Å². The zero-order chi connectivity index (χ0) is 38.0. The van der Waals surface area contributed by atoms with Crippen LogP contribution in [0.5, 0.6) is 0 Å². The second kappa shape index (κ2) is 42.2. The summed E-state index contributed by atoms with van der Waals surface area (Å²) in [6.45, 7) is 6.62. The first-order chi connectivity index (χ1) is 25.5. The first-order valence-corrected chi connectivity index (χ1v) is 23.0. The van der Waals surface area contributed by atoms with Crippen LogP contribution >= 0.6 is 0 Å². The molecule has 6 nitrogen and oxygen atoms in total. The van der Waals surface area contributed by atoms with Crippen molar-refractivity contribution < 1.29 is 28.6 Å². The Morgan fingerprint density at radius 3 is 0.769 bits per heavy atom. The van der Waals surface area contributed by atoms with E-state index in [1.807, 2.05) is 0 Å². The third-order valence-corrected chi connectivity index (χ3v) is 10.4. The van der Waals surface area contributed by atoms with Gasteiger partial charge in [-0.05, 0) is 19.3 Å². The second-order valence-corrected chi connectivity index (χ2v) is 15.7. The smallest absolute Gasteiger partial charge is 0.306 e. The van der Waals surface area contributed by atoms with Crippen LogP contribution in [0.3, 0.4) is 0 Å². The molecule has 0 aliphatic heterocycles. The van der Waals surface area contributed by atoms with Gasteiger partial charge in [0.1, 0.15) is 13.2 Å². The van der Waals surface area contributed by atoms with Gasteiger partial charge in [-0.2, -0.15) is 0 Å². The Balaban J connectivity index is 4.25. The van der Waals surface area contributed by atoms with E-state index in [4.69, 9.17) is 14.2 Å². The summed E-state index contributed by atoms with van der Waals surface area (Å²) in [7, 11) is 0. The molecule has 0 radical (unpaired) electrons. The lowest BCUT2D eigenvalue weighted by atomic mass is 10.0. The predicted molar refractivity (Wildman–Crippen MR) is 220 cm³/mol. The molecule has 0 aliphatic rings. The Labute approximate surface area is 323 Å². The summed E-state index contributed by atoms with van der Waals surface area (Å²) in [6.07, 6.45) is 42.3. The molecule has 1 atom stereocenters. The van der Waals surface area contributed by atoms with Crippen molar-refractivity contribution in [1.29, 1.82) is 0 Å². The third kappa shape index (κ3) is 39.6. The number of ether oxygens (including phenoxy) is 3. The molecule has 0 saturated heterocycles. The molecule has 52 heavy (non-hydrogen) atoms. The number of rotatable bonds is 42. The van der Waals surface area contributed by atoms with Crippen LogP contribution in [0.2, 0.25) is 0 Å². The molecule has 0 aromatic heterocycles. The third-order valence-electron chi connectivity index (χ3n) is 10.4. The molecular formula is C46H88O6. The molecule has 0 saturated carbocycles. The van der Waals surface area contributed by atoms with Crippen LogP contribution in [0.25, 0.3) is 0 Å². The van der Waals surface area contributed by atoms with Crippen molar-refractivity contribution in [3.05, 3.63) is 0 Å². The summed E-state index contributed by atoms with van der Waals surface area (Å²) in [4.78, 5) is 37.6. The predicted octanol–water partition coefficient (Wildman–Crippen LogP) is 14.5. The van der Waals surface area contributed by atoms with Crippen molar-refractivity contribution in [2.75, 3.05) is 13.2 Å². The second-order valence-electron chi connectivity index (χ2n) is 15.7. The molecule has 308 valence electrons. The number of hydrogen-bond donors (Lipinski definition) is 0. The number of unbranched alkanes of at least 4 members (excludes halogenated alkanes) is 31. The van der Waals surface area contributed by atoms with Crippen LogP contribution in [0.1, 0.15) is 258 Å². The molecular weight excluding hydrogens is 648 g/mol. The largest absolute Gasteiger partial charge is 0.462 e. The first-order valence-electron chi connectivity index (χ1n) is 23.0. The maximum absolute atomic E-state index is 12.7. The van der Waals surface area contributed by atoms with E-state index < -0.39 is 6.10 Å². The highest BCUT2D eigenvalue weighted by molar-refractivity contribution is 5.71.